The van der Waals surface area contributed by atoms with Crippen molar-refractivity contribution in [2.45, 2.75) is 57.5 Å². The highest BCUT2D eigenvalue weighted by molar-refractivity contribution is 5.78. The highest BCUT2D eigenvalue weighted by atomic mass is 16.5. The molecule has 2 fully saturated rings. The molecule has 138 valence electrons. The van der Waals surface area contributed by atoms with Gasteiger partial charge < -0.3 is 9.64 Å². The van der Waals surface area contributed by atoms with E-state index in [1.54, 1.807) is 12.4 Å². The van der Waals surface area contributed by atoms with Gasteiger partial charge in [0.2, 0.25) is 5.91 Å². The lowest BCUT2D eigenvalue weighted by atomic mass is 10.1. The summed E-state index contributed by atoms with van der Waals surface area (Å²) in [7, 11) is 2.09. The van der Waals surface area contributed by atoms with Crippen molar-refractivity contribution >= 4 is 5.91 Å². The second-order valence-corrected chi connectivity index (χ2v) is 7.30. The summed E-state index contributed by atoms with van der Waals surface area (Å²) in [5.74, 6) is 0.235. The van der Waals surface area contributed by atoms with Crippen LogP contribution in [-0.2, 0) is 16.0 Å². The molecule has 0 bridgehead atoms. The molecule has 2 heterocycles. The van der Waals surface area contributed by atoms with E-state index in [0.29, 0.717) is 32.3 Å². The number of ether oxygens (including phenoxy) is 1. The molecule has 1 saturated heterocycles. The van der Waals surface area contributed by atoms with E-state index in [0.717, 1.165) is 24.2 Å². The van der Waals surface area contributed by atoms with Gasteiger partial charge in [-0.1, -0.05) is 12.8 Å². The molecular weight excluding hydrogens is 316 g/mol. The van der Waals surface area contributed by atoms with Gasteiger partial charge in [0, 0.05) is 25.0 Å². The summed E-state index contributed by atoms with van der Waals surface area (Å²) < 4.78 is 5.64. The summed E-state index contributed by atoms with van der Waals surface area (Å²) in [5, 5.41) is 0. The minimum Gasteiger partial charge on any atom is -0.377 e. The Morgan fingerprint density at radius 3 is 2.84 bits per heavy atom. The van der Waals surface area contributed by atoms with Gasteiger partial charge in [0.25, 0.3) is 0 Å². The lowest BCUT2D eigenvalue weighted by Crippen LogP contribution is -2.52. The van der Waals surface area contributed by atoms with Crippen LogP contribution in [0.1, 0.15) is 43.5 Å². The van der Waals surface area contributed by atoms with Gasteiger partial charge in [0.1, 0.15) is 0 Å². The van der Waals surface area contributed by atoms with Crippen LogP contribution in [0.2, 0.25) is 0 Å². The Balaban J connectivity index is 1.56. The van der Waals surface area contributed by atoms with Crippen molar-refractivity contribution in [1.29, 1.82) is 0 Å². The molecule has 0 N–H and O–H groups in total. The lowest BCUT2D eigenvalue weighted by molar-refractivity contribution is -0.141. The van der Waals surface area contributed by atoms with Crippen LogP contribution in [0.5, 0.6) is 0 Å². The minimum atomic E-state index is 0.139. The number of nitrogens with zero attached hydrogens (tertiary/aromatic N) is 4. The third kappa shape index (κ3) is 4.76. The highest BCUT2D eigenvalue weighted by Crippen LogP contribution is 2.23. The quantitative estimate of drug-likeness (QED) is 0.786. The van der Waals surface area contributed by atoms with Crippen molar-refractivity contribution in [3.05, 3.63) is 23.8 Å². The van der Waals surface area contributed by atoms with E-state index in [-0.39, 0.29) is 11.9 Å². The van der Waals surface area contributed by atoms with Gasteiger partial charge in [-0.05, 0) is 39.7 Å². The van der Waals surface area contributed by atoms with Crippen LogP contribution in [0.3, 0.4) is 0 Å². The normalized spacial score (nSPS) is 21.9. The second kappa shape index (κ2) is 8.72. The molecule has 1 amide bonds. The fraction of sp³-hybridized carbons (Fsp3) is 0.737. The Morgan fingerprint density at radius 1 is 1.32 bits per heavy atom. The lowest BCUT2D eigenvalue weighted by Gasteiger charge is -2.37. The van der Waals surface area contributed by atoms with Crippen LogP contribution >= 0.6 is 0 Å². The Labute approximate surface area is 150 Å². The standard InChI is InChI=1S/C19H30N4O2/c1-15-18(21-10-9-20-15)8-7-17-14-25-12-11-23(17)19(24)13-22(2)16-5-3-4-6-16/h9-10,16-17H,3-8,11-14H2,1-2H3/t17-/m0/s1. The first-order valence-corrected chi connectivity index (χ1v) is 9.49. The molecule has 1 aliphatic carbocycles. The van der Waals surface area contributed by atoms with E-state index >= 15 is 0 Å². The van der Waals surface area contributed by atoms with Gasteiger partial charge in [-0.3, -0.25) is 19.7 Å². The van der Waals surface area contributed by atoms with E-state index in [1.165, 1.54) is 25.7 Å². The Kier molecular flexibility index (Phi) is 6.37. The number of carbonyl (C=O) groups excluding carboxylic acids is 1. The molecule has 0 radical (unpaired) electrons. The maximum Gasteiger partial charge on any atom is 0.237 e. The Morgan fingerprint density at radius 2 is 2.08 bits per heavy atom. The monoisotopic (exact) mass is 346 g/mol. The number of aryl methyl sites for hydroxylation is 2. The van der Waals surface area contributed by atoms with Crippen molar-refractivity contribution in [2.24, 2.45) is 0 Å². The Hall–Kier alpha value is -1.53. The van der Waals surface area contributed by atoms with E-state index in [1.807, 2.05) is 11.8 Å². The average Bonchev–Trinajstić information content (AvgIpc) is 3.16. The largest absolute Gasteiger partial charge is 0.377 e. The smallest absolute Gasteiger partial charge is 0.237 e. The predicted octanol–water partition coefficient (Wildman–Crippen LogP) is 1.82. The zero-order valence-electron chi connectivity index (χ0n) is 15.5. The zero-order chi connectivity index (χ0) is 17.6. The first-order valence-electron chi connectivity index (χ1n) is 9.49. The van der Waals surface area contributed by atoms with Crippen LogP contribution in [0, 0.1) is 6.92 Å². The highest BCUT2D eigenvalue weighted by Gasteiger charge is 2.29. The van der Waals surface area contributed by atoms with Crippen molar-refractivity contribution in [1.82, 2.24) is 19.8 Å². The molecule has 1 atom stereocenters. The number of amides is 1. The molecule has 0 spiro atoms. The number of morpholine rings is 1. The maximum atomic E-state index is 12.9. The second-order valence-electron chi connectivity index (χ2n) is 7.30. The molecule has 2 aliphatic rings. The molecule has 3 rings (SSSR count). The van der Waals surface area contributed by atoms with Crippen LogP contribution in [-0.4, -0.2) is 71.1 Å². The van der Waals surface area contributed by atoms with Crippen LogP contribution in [0.25, 0.3) is 0 Å². The van der Waals surface area contributed by atoms with E-state index in [2.05, 4.69) is 21.9 Å². The molecular formula is C19H30N4O2. The van der Waals surface area contributed by atoms with Gasteiger partial charge in [-0.2, -0.15) is 0 Å². The van der Waals surface area contributed by atoms with E-state index in [4.69, 9.17) is 4.74 Å². The number of hydrogen-bond donors (Lipinski definition) is 0. The number of aromatic nitrogens is 2. The molecule has 0 aromatic carbocycles. The summed E-state index contributed by atoms with van der Waals surface area (Å²) in [6.45, 7) is 4.46. The van der Waals surface area contributed by atoms with Gasteiger partial charge in [0.05, 0.1) is 37.2 Å². The Bertz CT molecular complexity index is 574. The molecule has 1 aromatic heterocycles. The van der Waals surface area contributed by atoms with Crippen LogP contribution in [0.15, 0.2) is 12.4 Å². The molecule has 25 heavy (non-hydrogen) atoms. The van der Waals surface area contributed by atoms with Crippen LogP contribution < -0.4 is 0 Å². The van der Waals surface area contributed by atoms with Gasteiger partial charge in [0.15, 0.2) is 0 Å². The third-order valence-corrected chi connectivity index (χ3v) is 5.58. The first-order chi connectivity index (χ1) is 12.1. The number of likely N-dealkylation sites (N-methyl/N-ethyl adjacent to an activating group) is 1. The van der Waals surface area contributed by atoms with E-state index in [9.17, 15) is 4.79 Å². The van der Waals surface area contributed by atoms with Gasteiger partial charge in [-0.25, -0.2) is 0 Å². The van der Waals surface area contributed by atoms with Crippen LogP contribution in [0.4, 0.5) is 0 Å². The molecule has 1 aliphatic heterocycles. The number of rotatable bonds is 6. The summed E-state index contributed by atoms with van der Waals surface area (Å²) in [5.41, 5.74) is 1.99. The summed E-state index contributed by atoms with van der Waals surface area (Å²) >= 11 is 0. The van der Waals surface area contributed by atoms with E-state index < -0.39 is 0 Å². The maximum absolute atomic E-state index is 12.9. The van der Waals surface area contributed by atoms with Crippen molar-refractivity contribution in [3.63, 3.8) is 0 Å². The average molecular weight is 346 g/mol. The SMILES string of the molecule is Cc1nccnc1CC[C@H]1COCCN1C(=O)CN(C)C1CCCC1. The fourth-order valence-electron chi connectivity index (χ4n) is 3.99. The molecule has 1 aromatic rings. The summed E-state index contributed by atoms with van der Waals surface area (Å²) in [6, 6.07) is 0.713. The van der Waals surface area contributed by atoms with Crippen molar-refractivity contribution in [2.75, 3.05) is 33.4 Å². The number of carbonyl (C=O) groups is 1. The fourth-order valence-corrected chi connectivity index (χ4v) is 3.99. The summed E-state index contributed by atoms with van der Waals surface area (Å²) in [4.78, 5) is 25.8. The minimum absolute atomic E-state index is 0.139. The first kappa shape index (κ1) is 18.3. The van der Waals surface area contributed by atoms with Gasteiger partial charge >= 0.3 is 0 Å². The molecule has 1 saturated carbocycles. The van der Waals surface area contributed by atoms with Crippen molar-refractivity contribution < 1.29 is 9.53 Å². The molecule has 6 heteroatoms. The van der Waals surface area contributed by atoms with Gasteiger partial charge in [-0.15, -0.1) is 0 Å². The number of hydrogen-bond acceptors (Lipinski definition) is 5. The summed E-state index contributed by atoms with van der Waals surface area (Å²) in [6.07, 6.45) is 10.2. The molecule has 0 unspecified atom stereocenters. The topological polar surface area (TPSA) is 58.6 Å². The zero-order valence-corrected chi connectivity index (χ0v) is 15.5. The predicted molar refractivity (Wildman–Crippen MR) is 96.3 cm³/mol. The molecule has 6 nitrogen and oxygen atoms in total. The van der Waals surface area contributed by atoms with Crippen molar-refractivity contribution in [3.8, 4) is 0 Å². The third-order valence-electron chi connectivity index (χ3n) is 5.58.